The van der Waals surface area contributed by atoms with E-state index < -0.39 is 12.5 Å². The van der Waals surface area contributed by atoms with E-state index in [2.05, 4.69) is 74.4 Å². The fourth-order valence-corrected chi connectivity index (χ4v) is 7.05. The van der Waals surface area contributed by atoms with Crippen molar-refractivity contribution in [3.63, 3.8) is 0 Å². The van der Waals surface area contributed by atoms with Gasteiger partial charge in [-0.05, 0) is 47.5 Å². The molecule has 2 aromatic rings. The molecule has 0 fully saturated rings. The summed E-state index contributed by atoms with van der Waals surface area (Å²) in [6.45, 7) is 1.16. The molecule has 10 heteroatoms. The Morgan fingerprint density at radius 3 is 1.29 bits per heavy atom. The molecular weight excluding hydrogens is 660 g/mol. The molecule has 0 amide bonds. The molecule has 4 N–H and O–H groups in total. The van der Waals surface area contributed by atoms with Crippen LogP contribution in [-0.2, 0) is 13.1 Å². The van der Waals surface area contributed by atoms with Crippen LogP contribution in [0.15, 0.2) is 54.3 Å². The molecule has 4 nitrogen and oxygen atoms in total. The van der Waals surface area contributed by atoms with Crippen molar-refractivity contribution in [3.05, 3.63) is 65.4 Å². The zero-order valence-corrected chi connectivity index (χ0v) is 22.6. The molecule has 0 aromatic heterocycles. The molecule has 0 aliphatic carbocycles. The first-order valence-corrected chi connectivity index (χ1v) is 13.9. The lowest BCUT2D eigenvalue weighted by molar-refractivity contribution is 0.158. The minimum atomic E-state index is -0.612. The minimum Gasteiger partial charge on any atom is -0.378 e. The Labute approximate surface area is 206 Å². The summed E-state index contributed by atoms with van der Waals surface area (Å²) in [5.41, 5.74) is 2.16. The topological polar surface area (TPSA) is 64.5 Å². The van der Waals surface area contributed by atoms with Gasteiger partial charge >= 0.3 is 0 Å². The van der Waals surface area contributed by atoms with Gasteiger partial charge < -0.3 is 10.2 Å². The number of benzene rings is 2. The molecule has 0 aliphatic rings. The molecule has 0 radical (unpaired) electrons. The van der Waals surface area contributed by atoms with Gasteiger partial charge in [0.1, 0.15) is 12.5 Å². The van der Waals surface area contributed by atoms with Gasteiger partial charge in [-0.25, -0.2) is 0 Å². The van der Waals surface area contributed by atoms with Crippen LogP contribution in [0.4, 0.5) is 0 Å². The minimum absolute atomic E-state index is 0.533. The second kappa shape index (κ2) is 13.3. The number of aliphatic hydroxyl groups excluding tert-OH is 2. The summed E-state index contributed by atoms with van der Waals surface area (Å²) in [6.07, 6.45) is -1.22. The van der Waals surface area contributed by atoms with E-state index in [1.54, 1.807) is 0 Å². The van der Waals surface area contributed by atoms with E-state index in [0.29, 0.717) is 24.6 Å². The second-order valence-electron chi connectivity index (χ2n) is 5.92. The summed E-state index contributed by atoms with van der Waals surface area (Å²) < 4.78 is 3.98. The maximum absolute atomic E-state index is 10.1. The lowest BCUT2D eigenvalue weighted by Gasteiger charge is -2.15. The van der Waals surface area contributed by atoms with Crippen LogP contribution in [-0.4, -0.2) is 34.2 Å². The average molecular weight is 680 g/mol. The number of hydrogen-bond donors (Lipinski definition) is 4. The zero-order chi connectivity index (χ0) is 20.5. The molecule has 2 aromatic carbocycles. The number of hydrogen-bond acceptors (Lipinski definition) is 6. The third-order valence-corrected chi connectivity index (χ3v) is 7.68. The summed E-state index contributed by atoms with van der Waals surface area (Å²) in [5.74, 6) is 1.07. The van der Waals surface area contributed by atoms with Crippen LogP contribution >= 0.6 is 85.3 Å². The predicted octanol–water partition coefficient (Wildman–Crippen LogP) is 5.63. The van der Waals surface area contributed by atoms with Crippen LogP contribution in [0.5, 0.6) is 0 Å². The van der Waals surface area contributed by atoms with Gasteiger partial charge in [0, 0.05) is 42.5 Å². The van der Waals surface area contributed by atoms with Gasteiger partial charge in [0.25, 0.3) is 0 Å². The van der Waals surface area contributed by atoms with E-state index in [4.69, 9.17) is 0 Å². The molecule has 0 bridgehead atoms. The predicted molar refractivity (Wildman–Crippen MR) is 134 cm³/mol. The SMILES string of the molecule is OC(CSSCC(O)NCc1cc(Br)cc(Br)c1)NCc1cc(Br)cc(Br)c1. The van der Waals surface area contributed by atoms with Crippen molar-refractivity contribution in [2.24, 2.45) is 0 Å². The number of rotatable bonds is 11. The number of halogens is 4. The summed E-state index contributed by atoms with van der Waals surface area (Å²) in [6, 6.07) is 12.0. The molecule has 154 valence electrons. The Morgan fingerprint density at radius 2 is 0.964 bits per heavy atom. The van der Waals surface area contributed by atoms with Crippen molar-refractivity contribution in [1.82, 2.24) is 10.6 Å². The average Bonchev–Trinajstić information content (AvgIpc) is 2.60. The second-order valence-corrected chi connectivity index (χ2v) is 12.1. The molecule has 2 rings (SSSR count). The van der Waals surface area contributed by atoms with Gasteiger partial charge in [-0.2, -0.15) is 0 Å². The molecule has 28 heavy (non-hydrogen) atoms. The van der Waals surface area contributed by atoms with Gasteiger partial charge in [0.05, 0.1) is 0 Å². The van der Waals surface area contributed by atoms with E-state index in [0.717, 1.165) is 29.0 Å². The lowest BCUT2D eigenvalue weighted by atomic mass is 10.2. The Hall–Kier alpha value is 0.900. The van der Waals surface area contributed by atoms with Crippen LogP contribution in [0.3, 0.4) is 0 Å². The standard InChI is InChI=1S/C18H20Br4N2O2S2/c19-13-1-11(2-14(20)5-13)7-23-17(25)9-27-28-10-18(26)24-8-12-3-15(21)6-16(22)4-12/h1-6,17-18,23-26H,7-10H2. The third kappa shape index (κ3) is 10.3. The molecular formula is C18H20Br4N2O2S2. The van der Waals surface area contributed by atoms with Crippen molar-refractivity contribution in [3.8, 4) is 0 Å². The first kappa shape index (κ1) is 25.2. The highest BCUT2D eigenvalue weighted by Crippen LogP contribution is 2.24. The van der Waals surface area contributed by atoms with Crippen LogP contribution in [0, 0.1) is 0 Å². The highest BCUT2D eigenvalue weighted by atomic mass is 79.9. The Balaban J connectivity index is 1.59. The fourth-order valence-electron chi connectivity index (χ4n) is 2.24. The summed E-state index contributed by atoms with van der Waals surface area (Å²) in [5, 5.41) is 26.3. The van der Waals surface area contributed by atoms with E-state index >= 15 is 0 Å². The molecule has 0 saturated heterocycles. The van der Waals surface area contributed by atoms with E-state index in [1.807, 2.05) is 36.4 Å². The largest absolute Gasteiger partial charge is 0.378 e. The fraction of sp³-hybridized carbons (Fsp3) is 0.333. The van der Waals surface area contributed by atoms with Crippen molar-refractivity contribution >= 4 is 85.3 Å². The third-order valence-electron chi connectivity index (χ3n) is 3.46. The molecule has 0 spiro atoms. The van der Waals surface area contributed by atoms with E-state index in [1.165, 1.54) is 21.6 Å². The molecule has 2 atom stereocenters. The maximum atomic E-state index is 10.1. The molecule has 0 saturated carbocycles. The number of nitrogens with one attached hydrogen (secondary N) is 2. The summed E-state index contributed by atoms with van der Waals surface area (Å²) in [7, 11) is 3.06. The monoisotopic (exact) mass is 676 g/mol. The molecule has 2 unspecified atom stereocenters. The van der Waals surface area contributed by atoms with Gasteiger partial charge in [-0.3, -0.25) is 10.6 Å². The quantitative estimate of drug-likeness (QED) is 0.140. The maximum Gasteiger partial charge on any atom is 0.115 e. The highest BCUT2D eigenvalue weighted by Gasteiger charge is 2.08. The normalized spacial score (nSPS) is 13.5. The number of aliphatic hydroxyl groups is 2. The first-order chi connectivity index (χ1) is 13.3. The Kier molecular flexibility index (Phi) is 12.0. The summed E-state index contributed by atoms with van der Waals surface area (Å²) in [4.78, 5) is 0. The van der Waals surface area contributed by atoms with Crippen LogP contribution in [0.2, 0.25) is 0 Å². The van der Waals surface area contributed by atoms with Crippen LogP contribution < -0.4 is 10.6 Å². The van der Waals surface area contributed by atoms with Crippen LogP contribution in [0.25, 0.3) is 0 Å². The molecule has 0 heterocycles. The smallest absolute Gasteiger partial charge is 0.115 e. The van der Waals surface area contributed by atoms with Gasteiger partial charge in [-0.15, -0.1) is 0 Å². The Bertz CT molecular complexity index is 666. The van der Waals surface area contributed by atoms with Crippen molar-refractivity contribution in [2.45, 2.75) is 25.5 Å². The zero-order valence-electron chi connectivity index (χ0n) is 14.7. The summed E-state index contributed by atoms with van der Waals surface area (Å²) >= 11 is 13.8. The van der Waals surface area contributed by atoms with Gasteiger partial charge in [-0.1, -0.05) is 85.3 Å². The van der Waals surface area contributed by atoms with Crippen LogP contribution in [0.1, 0.15) is 11.1 Å². The van der Waals surface area contributed by atoms with Crippen molar-refractivity contribution < 1.29 is 10.2 Å². The van der Waals surface area contributed by atoms with E-state index in [-0.39, 0.29) is 0 Å². The van der Waals surface area contributed by atoms with Gasteiger partial charge in [0.2, 0.25) is 0 Å². The van der Waals surface area contributed by atoms with Crippen molar-refractivity contribution in [1.29, 1.82) is 0 Å². The molecule has 0 aliphatic heterocycles. The van der Waals surface area contributed by atoms with Crippen molar-refractivity contribution in [2.75, 3.05) is 11.5 Å². The Morgan fingerprint density at radius 1 is 0.643 bits per heavy atom. The lowest BCUT2D eigenvalue weighted by Crippen LogP contribution is -2.31. The first-order valence-electron chi connectivity index (χ1n) is 8.29. The van der Waals surface area contributed by atoms with Gasteiger partial charge in [0.15, 0.2) is 0 Å². The van der Waals surface area contributed by atoms with E-state index in [9.17, 15) is 10.2 Å². The highest BCUT2D eigenvalue weighted by molar-refractivity contribution is 9.11.